The van der Waals surface area contributed by atoms with Crippen molar-refractivity contribution in [3.63, 3.8) is 0 Å². The third kappa shape index (κ3) is 5.88. The van der Waals surface area contributed by atoms with Gasteiger partial charge in [-0.25, -0.2) is 0 Å². The average Bonchev–Trinajstić information content (AvgIpc) is 3.47. The van der Waals surface area contributed by atoms with E-state index in [1.807, 2.05) is 0 Å². The molecule has 4 rings (SSSR count). The van der Waals surface area contributed by atoms with Crippen LogP contribution in [0.2, 0.25) is 0 Å². The van der Waals surface area contributed by atoms with E-state index in [0.717, 1.165) is 51.4 Å². The van der Waals surface area contributed by atoms with Gasteiger partial charge in [-0.2, -0.15) is 0 Å². The second kappa shape index (κ2) is 8.19. The Morgan fingerprint density at radius 2 is 1.16 bits per heavy atom. The lowest BCUT2D eigenvalue weighted by atomic mass is 10.0. The molecule has 0 aromatic heterocycles. The van der Waals surface area contributed by atoms with Gasteiger partial charge in [-0.15, -0.1) is 0 Å². The van der Waals surface area contributed by atoms with E-state index < -0.39 is 12.2 Å². The van der Waals surface area contributed by atoms with Gasteiger partial charge in [-0.05, 0) is 51.4 Å². The van der Waals surface area contributed by atoms with Gasteiger partial charge in [0.25, 0.3) is 0 Å². The van der Waals surface area contributed by atoms with Crippen LogP contribution in [0.25, 0.3) is 0 Å². The van der Waals surface area contributed by atoms with Gasteiger partial charge in [0.05, 0.1) is 37.6 Å². The summed E-state index contributed by atoms with van der Waals surface area (Å²) >= 11 is 0. The van der Waals surface area contributed by atoms with Crippen LogP contribution < -0.4 is 0 Å². The molecule has 0 bridgehead atoms. The summed E-state index contributed by atoms with van der Waals surface area (Å²) in [4.78, 5) is 0. The van der Waals surface area contributed by atoms with E-state index in [0.29, 0.717) is 25.4 Å². The van der Waals surface area contributed by atoms with Gasteiger partial charge in [-0.3, -0.25) is 0 Å². The standard InChI is InChI=1S/C19H32O6/c1-21-19(17(25-15-8-9-15)11-23-13-4-5-13)18(20)16(24-14-6-7-14)10-22-12-2-3-12/h12-20H,2-11H2,1H3/t16-,17-,18-,19-/m1/s1. The quantitative estimate of drug-likeness (QED) is 0.512. The molecule has 0 radical (unpaired) electrons. The van der Waals surface area contributed by atoms with Crippen LogP contribution in [0.3, 0.4) is 0 Å². The molecule has 0 heterocycles. The van der Waals surface area contributed by atoms with Gasteiger partial charge < -0.3 is 28.8 Å². The first kappa shape index (κ1) is 18.1. The first-order chi connectivity index (χ1) is 12.2. The first-order valence-electron chi connectivity index (χ1n) is 9.98. The monoisotopic (exact) mass is 356 g/mol. The fourth-order valence-electron chi connectivity index (χ4n) is 2.99. The van der Waals surface area contributed by atoms with Gasteiger partial charge in [0.1, 0.15) is 24.4 Å². The topological polar surface area (TPSA) is 66.4 Å². The Kier molecular flexibility index (Phi) is 5.94. The molecule has 0 aromatic rings. The predicted octanol–water partition coefficient (Wildman–Crippen LogP) is 1.82. The Labute approximate surface area is 150 Å². The second-order valence-electron chi connectivity index (χ2n) is 8.00. The molecule has 4 saturated carbocycles. The number of hydrogen-bond donors (Lipinski definition) is 1. The van der Waals surface area contributed by atoms with Gasteiger partial charge >= 0.3 is 0 Å². The fraction of sp³-hybridized carbons (Fsp3) is 1.00. The van der Waals surface area contributed by atoms with Crippen molar-refractivity contribution in [3.8, 4) is 0 Å². The minimum atomic E-state index is -0.782. The zero-order valence-electron chi connectivity index (χ0n) is 15.2. The van der Waals surface area contributed by atoms with E-state index >= 15 is 0 Å². The van der Waals surface area contributed by atoms with E-state index in [4.69, 9.17) is 23.7 Å². The highest BCUT2D eigenvalue weighted by molar-refractivity contribution is 4.90. The summed E-state index contributed by atoms with van der Waals surface area (Å²) in [5, 5.41) is 11.0. The fourth-order valence-corrected chi connectivity index (χ4v) is 2.99. The van der Waals surface area contributed by atoms with Crippen LogP contribution in [-0.2, 0) is 23.7 Å². The van der Waals surface area contributed by atoms with Gasteiger partial charge in [0.15, 0.2) is 0 Å². The van der Waals surface area contributed by atoms with Crippen LogP contribution in [0.1, 0.15) is 51.4 Å². The number of rotatable bonds is 14. The highest BCUT2D eigenvalue weighted by Gasteiger charge is 2.41. The van der Waals surface area contributed by atoms with Crippen LogP contribution in [0, 0.1) is 0 Å². The average molecular weight is 356 g/mol. The minimum absolute atomic E-state index is 0.255. The molecule has 6 heteroatoms. The number of aliphatic hydroxyl groups excluding tert-OH is 1. The third-order valence-corrected chi connectivity index (χ3v) is 5.18. The van der Waals surface area contributed by atoms with Gasteiger partial charge in [-0.1, -0.05) is 0 Å². The second-order valence-corrected chi connectivity index (χ2v) is 8.00. The van der Waals surface area contributed by atoms with Gasteiger partial charge in [0.2, 0.25) is 0 Å². The molecule has 4 fully saturated rings. The molecule has 0 unspecified atom stereocenters. The van der Waals surface area contributed by atoms with Crippen LogP contribution in [0.15, 0.2) is 0 Å². The van der Waals surface area contributed by atoms with Crippen molar-refractivity contribution in [2.75, 3.05) is 20.3 Å². The molecule has 1 N–H and O–H groups in total. The summed E-state index contributed by atoms with van der Waals surface area (Å²) in [6, 6.07) is 0. The predicted molar refractivity (Wildman–Crippen MR) is 90.5 cm³/mol. The Morgan fingerprint density at radius 3 is 1.60 bits per heavy atom. The Hall–Kier alpha value is -0.240. The molecule has 0 saturated heterocycles. The molecule has 0 amide bonds. The highest BCUT2D eigenvalue weighted by atomic mass is 16.6. The van der Waals surface area contributed by atoms with Crippen molar-refractivity contribution in [2.45, 2.75) is 100 Å². The van der Waals surface area contributed by atoms with E-state index in [1.165, 1.54) is 0 Å². The molecule has 4 atom stereocenters. The Morgan fingerprint density at radius 1 is 0.720 bits per heavy atom. The largest absolute Gasteiger partial charge is 0.387 e. The lowest BCUT2D eigenvalue weighted by Gasteiger charge is -2.34. The van der Waals surface area contributed by atoms with Crippen molar-refractivity contribution in [1.82, 2.24) is 0 Å². The summed E-state index contributed by atoms with van der Waals surface area (Å²) in [5.74, 6) is 0. The minimum Gasteiger partial charge on any atom is -0.387 e. The molecule has 144 valence electrons. The molecule has 0 spiro atoms. The molecule has 25 heavy (non-hydrogen) atoms. The molecule has 4 aliphatic carbocycles. The zero-order valence-corrected chi connectivity index (χ0v) is 15.2. The SMILES string of the molecule is CO[C@@H]([C@H](O)[C@@H](COC1CC1)OC1CC1)[C@@H](COC1CC1)OC1CC1. The van der Waals surface area contributed by atoms with E-state index in [9.17, 15) is 5.11 Å². The summed E-state index contributed by atoms with van der Waals surface area (Å²) in [6.07, 6.45) is 8.13. The lowest BCUT2D eigenvalue weighted by Crippen LogP contribution is -2.51. The Bertz CT molecular complexity index is 416. The summed E-state index contributed by atoms with van der Waals surface area (Å²) in [6.45, 7) is 0.887. The molecule has 0 aliphatic heterocycles. The Balaban J connectivity index is 1.36. The number of aliphatic hydroxyl groups is 1. The summed E-state index contributed by atoms with van der Waals surface area (Å²) < 4.78 is 29.5. The van der Waals surface area contributed by atoms with Crippen LogP contribution >= 0.6 is 0 Å². The summed E-state index contributed by atoms with van der Waals surface area (Å²) in [5.41, 5.74) is 0. The van der Waals surface area contributed by atoms with Crippen molar-refractivity contribution >= 4 is 0 Å². The molecule has 4 aliphatic rings. The molecule has 0 aromatic carbocycles. The van der Waals surface area contributed by atoms with Crippen molar-refractivity contribution < 1.29 is 28.8 Å². The molecular weight excluding hydrogens is 324 g/mol. The summed E-state index contributed by atoms with van der Waals surface area (Å²) in [7, 11) is 1.63. The van der Waals surface area contributed by atoms with Crippen LogP contribution in [0.4, 0.5) is 0 Å². The highest BCUT2D eigenvalue weighted by Crippen LogP contribution is 2.32. The normalized spacial score (nSPS) is 28.6. The number of methoxy groups -OCH3 is 1. The van der Waals surface area contributed by atoms with Crippen LogP contribution in [-0.4, -0.2) is 74.3 Å². The van der Waals surface area contributed by atoms with E-state index in [2.05, 4.69) is 0 Å². The third-order valence-electron chi connectivity index (χ3n) is 5.18. The zero-order chi connectivity index (χ0) is 17.2. The van der Waals surface area contributed by atoms with Crippen molar-refractivity contribution in [2.24, 2.45) is 0 Å². The van der Waals surface area contributed by atoms with E-state index in [1.54, 1.807) is 7.11 Å². The number of ether oxygens (including phenoxy) is 5. The first-order valence-corrected chi connectivity index (χ1v) is 9.98. The maximum Gasteiger partial charge on any atom is 0.114 e. The maximum absolute atomic E-state index is 11.0. The van der Waals surface area contributed by atoms with E-state index in [-0.39, 0.29) is 24.4 Å². The maximum atomic E-state index is 11.0. The molecular formula is C19H32O6. The van der Waals surface area contributed by atoms with Crippen molar-refractivity contribution in [3.05, 3.63) is 0 Å². The van der Waals surface area contributed by atoms with Crippen LogP contribution in [0.5, 0.6) is 0 Å². The smallest absolute Gasteiger partial charge is 0.114 e. The van der Waals surface area contributed by atoms with Crippen molar-refractivity contribution in [1.29, 1.82) is 0 Å². The molecule has 6 nitrogen and oxygen atoms in total. The van der Waals surface area contributed by atoms with Gasteiger partial charge in [0, 0.05) is 7.11 Å². The number of hydrogen-bond acceptors (Lipinski definition) is 6. The lowest BCUT2D eigenvalue weighted by molar-refractivity contribution is -0.178.